The summed E-state index contributed by atoms with van der Waals surface area (Å²) >= 11 is 7.23. The minimum atomic E-state index is -0.541. The lowest BCUT2D eigenvalue weighted by atomic mass is 10.2. The van der Waals surface area contributed by atoms with Gasteiger partial charge in [0, 0.05) is 5.02 Å². The molecule has 1 aromatic heterocycles. The van der Waals surface area contributed by atoms with E-state index in [2.05, 4.69) is 4.98 Å². The van der Waals surface area contributed by atoms with Gasteiger partial charge >= 0.3 is 0 Å². The minimum Gasteiger partial charge on any atom is -0.395 e. The molecule has 0 aliphatic heterocycles. The smallest absolute Gasteiger partial charge is 0.121 e. The predicted molar refractivity (Wildman–Crippen MR) is 60.1 cm³/mol. The quantitative estimate of drug-likeness (QED) is 0.875. The van der Waals surface area contributed by atoms with Gasteiger partial charge in [-0.3, -0.25) is 0 Å². The number of nitrogens with zero attached hydrogens (tertiary/aromatic N) is 2. The van der Waals surface area contributed by atoms with Crippen molar-refractivity contribution >= 4 is 33.2 Å². The molecule has 1 heterocycles. The summed E-state index contributed by atoms with van der Waals surface area (Å²) in [7, 11) is 0. The molecule has 1 atom stereocenters. The Morgan fingerprint density at radius 2 is 2.40 bits per heavy atom. The third-order valence-corrected chi connectivity index (χ3v) is 3.37. The van der Waals surface area contributed by atoms with Gasteiger partial charge in [0.05, 0.1) is 22.9 Å². The lowest BCUT2D eigenvalue weighted by molar-refractivity contribution is 0.286. The Morgan fingerprint density at radius 1 is 1.60 bits per heavy atom. The molecular formula is C10H7ClN2OS. The van der Waals surface area contributed by atoms with Gasteiger partial charge in [-0.2, -0.15) is 5.26 Å². The molecule has 0 saturated heterocycles. The van der Waals surface area contributed by atoms with Crippen molar-refractivity contribution in [1.82, 2.24) is 4.98 Å². The number of aliphatic hydroxyl groups excluding tert-OH is 1. The van der Waals surface area contributed by atoms with Crippen molar-refractivity contribution < 1.29 is 5.11 Å². The van der Waals surface area contributed by atoms with Gasteiger partial charge in [0.15, 0.2) is 0 Å². The summed E-state index contributed by atoms with van der Waals surface area (Å²) in [5.41, 5.74) is 0.813. The van der Waals surface area contributed by atoms with Crippen LogP contribution in [0.2, 0.25) is 5.02 Å². The zero-order chi connectivity index (χ0) is 10.8. The molecule has 0 fully saturated rings. The number of hydrogen-bond acceptors (Lipinski definition) is 4. The third kappa shape index (κ3) is 1.95. The van der Waals surface area contributed by atoms with Gasteiger partial charge in [0.1, 0.15) is 10.9 Å². The number of nitriles is 1. The Hall–Kier alpha value is -1.15. The summed E-state index contributed by atoms with van der Waals surface area (Å²) in [6.07, 6.45) is 0. The lowest BCUT2D eigenvalue weighted by Gasteiger charge is -1.97. The fraction of sp³-hybridized carbons (Fsp3) is 0.200. The number of fused-ring (bicyclic) bond motifs is 1. The van der Waals surface area contributed by atoms with Crippen LogP contribution in [-0.2, 0) is 0 Å². The Bertz CT molecular complexity index is 532. The van der Waals surface area contributed by atoms with E-state index in [1.165, 1.54) is 11.3 Å². The summed E-state index contributed by atoms with van der Waals surface area (Å²) in [6, 6.07) is 7.38. The average molecular weight is 239 g/mol. The molecule has 15 heavy (non-hydrogen) atoms. The maximum Gasteiger partial charge on any atom is 0.121 e. The van der Waals surface area contributed by atoms with Gasteiger partial charge in [-0.05, 0) is 18.2 Å². The van der Waals surface area contributed by atoms with Crippen LogP contribution >= 0.6 is 22.9 Å². The van der Waals surface area contributed by atoms with Gasteiger partial charge in [0.2, 0.25) is 0 Å². The molecule has 3 nitrogen and oxygen atoms in total. The van der Waals surface area contributed by atoms with Crippen molar-refractivity contribution in [2.45, 2.75) is 5.92 Å². The van der Waals surface area contributed by atoms with Crippen LogP contribution in [-0.4, -0.2) is 16.7 Å². The van der Waals surface area contributed by atoms with Crippen LogP contribution in [0.4, 0.5) is 0 Å². The molecule has 0 aliphatic rings. The van der Waals surface area contributed by atoms with Crippen molar-refractivity contribution in [2.75, 3.05) is 6.61 Å². The third-order valence-electron chi connectivity index (χ3n) is 2.00. The molecule has 5 heteroatoms. The van der Waals surface area contributed by atoms with Gasteiger partial charge in [-0.1, -0.05) is 11.6 Å². The Kier molecular flexibility index (Phi) is 2.87. The number of thiazole rings is 1. The second kappa shape index (κ2) is 4.15. The highest BCUT2D eigenvalue weighted by molar-refractivity contribution is 7.18. The number of aliphatic hydroxyl groups is 1. The molecule has 0 amide bonds. The maximum atomic E-state index is 8.98. The number of aromatic nitrogens is 1. The van der Waals surface area contributed by atoms with Crippen molar-refractivity contribution in [2.24, 2.45) is 0 Å². The first kappa shape index (κ1) is 10.4. The fourth-order valence-corrected chi connectivity index (χ4v) is 2.52. The van der Waals surface area contributed by atoms with Crippen LogP contribution in [0.25, 0.3) is 10.2 Å². The van der Waals surface area contributed by atoms with E-state index in [1.54, 1.807) is 6.07 Å². The molecule has 0 aliphatic carbocycles. The lowest BCUT2D eigenvalue weighted by Crippen LogP contribution is -1.99. The number of halogens is 1. The normalized spacial score (nSPS) is 12.6. The van der Waals surface area contributed by atoms with Crippen molar-refractivity contribution in [3.63, 3.8) is 0 Å². The number of hydrogen-bond donors (Lipinski definition) is 1. The zero-order valence-corrected chi connectivity index (χ0v) is 9.22. The molecule has 1 unspecified atom stereocenters. The highest BCUT2D eigenvalue weighted by atomic mass is 35.5. The van der Waals surface area contributed by atoms with Gasteiger partial charge in [-0.15, -0.1) is 11.3 Å². The van der Waals surface area contributed by atoms with E-state index < -0.39 is 5.92 Å². The van der Waals surface area contributed by atoms with E-state index in [4.69, 9.17) is 22.0 Å². The average Bonchev–Trinajstić information content (AvgIpc) is 2.62. The molecular weight excluding hydrogens is 232 g/mol. The topological polar surface area (TPSA) is 56.9 Å². The predicted octanol–water partition coefficient (Wildman–Crippen LogP) is 2.55. The number of benzene rings is 1. The standard InChI is InChI=1S/C10H7ClN2OS/c11-7-1-2-8-9(3-7)15-10(13-8)6(4-12)5-14/h1-3,6,14H,5H2. The van der Waals surface area contributed by atoms with Crippen molar-refractivity contribution in [3.8, 4) is 6.07 Å². The van der Waals surface area contributed by atoms with Crippen LogP contribution in [0.3, 0.4) is 0 Å². The molecule has 0 spiro atoms. The Labute approximate surface area is 95.6 Å². The van der Waals surface area contributed by atoms with E-state index in [0.717, 1.165) is 10.2 Å². The van der Waals surface area contributed by atoms with Gasteiger partial charge in [-0.25, -0.2) is 4.98 Å². The molecule has 2 rings (SSSR count). The largest absolute Gasteiger partial charge is 0.395 e. The van der Waals surface area contributed by atoms with E-state index >= 15 is 0 Å². The summed E-state index contributed by atoms with van der Waals surface area (Å²) in [5.74, 6) is -0.541. The summed E-state index contributed by atoms with van der Waals surface area (Å²) in [4.78, 5) is 4.27. The van der Waals surface area contributed by atoms with Crippen molar-refractivity contribution in [3.05, 3.63) is 28.2 Å². The van der Waals surface area contributed by atoms with E-state index in [-0.39, 0.29) is 6.61 Å². The van der Waals surface area contributed by atoms with Crippen LogP contribution in [0.15, 0.2) is 18.2 Å². The van der Waals surface area contributed by atoms with Gasteiger partial charge < -0.3 is 5.11 Å². The summed E-state index contributed by atoms with van der Waals surface area (Å²) in [6.45, 7) is -0.204. The molecule has 2 aromatic rings. The SMILES string of the molecule is N#CC(CO)c1nc2ccc(Cl)cc2s1. The van der Waals surface area contributed by atoms with E-state index in [1.807, 2.05) is 18.2 Å². The molecule has 0 radical (unpaired) electrons. The second-order valence-electron chi connectivity index (χ2n) is 3.03. The first-order valence-corrected chi connectivity index (χ1v) is 5.50. The van der Waals surface area contributed by atoms with E-state index in [0.29, 0.717) is 10.0 Å². The Balaban J connectivity index is 2.52. The molecule has 1 aromatic carbocycles. The molecule has 1 N–H and O–H groups in total. The van der Waals surface area contributed by atoms with Crippen molar-refractivity contribution in [1.29, 1.82) is 5.26 Å². The summed E-state index contributed by atoms with van der Waals surface area (Å²) < 4.78 is 0.936. The highest BCUT2D eigenvalue weighted by Gasteiger charge is 2.14. The monoisotopic (exact) mass is 238 g/mol. The van der Waals surface area contributed by atoms with Crippen LogP contribution in [0.1, 0.15) is 10.9 Å². The van der Waals surface area contributed by atoms with Gasteiger partial charge in [0.25, 0.3) is 0 Å². The van der Waals surface area contributed by atoms with E-state index in [9.17, 15) is 0 Å². The highest BCUT2D eigenvalue weighted by Crippen LogP contribution is 2.29. The summed E-state index contributed by atoms with van der Waals surface area (Å²) in [5, 5.41) is 19.1. The molecule has 0 bridgehead atoms. The molecule has 0 saturated carbocycles. The first-order valence-electron chi connectivity index (χ1n) is 4.31. The Morgan fingerprint density at radius 3 is 3.07 bits per heavy atom. The zero-order valence-electron chi connectivity index (χ0n) is 7.64. The fourth-order valence-electron chi connectivity index (χ4n) is 1.24. The molecule has 76 valence electrons. The van der Waals surface area contributed by atoms with Crippen LogP contribution in [0, 0.1) is 11.3 Å². The first-order chi connectivity index (χ1) is 7.24. The minimum absolute atomic E-state index is 0.204. The maximum absolute atomic E-state index is 8.98. The van der Waals surface area contributed by atoms with Crippen LogP contribution < -0.4 is 0 Å². The van der Waals surface area contributed by atoms with Crippen LogP contribution in [0.5, 0.6) is 0 Å². The number of rotatable bonds is 2. The second-order valence-corrected chi connectivity index (χ2v) is 4.53.